The van der Waals surface area contributed by atoms with Gasteiger partial charge in [-0.3, -0.25) is 4.79 Å². The van der Waals surface area contributed by atoms with Crippen molar-refractivity contribution in [2.75, 3.05) is 6.79 Å². The molecule has 0 atom stereocenters. The zero-order chi connectivity index (χ0) is 16.1. The molecule has 6 nitrogen and oxygen atoms in total. The minimum Gasteiger partial charge on any atom is -0.454 e. The fraction of sp³-hybridized carbons (Fsp3) is 0.278. The standard InChI is InChI=1S/C18H15N3O3/c22-18-17-14(21(9-19-18)8-11-1-2-11)5-4-13(20-17)12-3-6-15-16(7-12)24-10-23-15/h3-7,9,11H,1-2,8,10H2. The summed E-state index contributed by atoms with van der Waals surface area (Å²) >= 11 is 0. The summed E-state index contributed by atoms with van der Waals surface area (Å²) in [6, 6.07) is 9.55. The molecular formula is C18H15N3O3. The van der Waals surface area contributed by atoms with Crippen molar-refractivity contribution in [1.82, 2.24) is 14.5 Å². The predicted molar refractivity (Wildman–Crippen MR) is 88.1 cm³/mol. The molecule has 3 aromatic rings. The van der Waals surface area contributed by atoms with E-state index in [1.807, 2.05) is 34.9 Å². The number of aromatic nitrogens is 3. The van der Waals surface area contributed by atoms with Crippen molar-refractivity contribution in [3.05, 3.63) is 47.0 Å². The molecule has 1 aliphatic heterocycles. The van der Waals surface area contributed by atoms with Crippen LogP contribution in [0, 0.1) is 5.92 Å². The summed E-state index contributed by atoms with van der Waals surface area (Å²) in [5, 5.41) is 0. The van der Waals surface area contributed by atoms with Crippen LogP contribution in [0.1, 0.15) is 12.8 Å². The maximum Gasteiger partial charge on any atom is 0.299 e. The van der Waals surface area contributed by atoms with Crippen molar-refractivity contribution in [3.63, 3.8) is 0 Å². The van der Waals surface area contributed by atoms with E-state index in [0.717, 1.165) is 29.1 Å². The third-order valence-corrected chi connectivity index (χ3v) is 4.52. The number of hydrogen-bond donors (Lipinski definition) is 0. The van der Waals surface area contributed by atoms with Crippen molar-refractivity contribution in [2.24, 2.45) is 5.92 Å². The average molecular weight is 321 g/mol. The largest absolute Gasteiger partial charge is 0.454 e. The van der Waals surface area contributed by atoms with Gasteiger partial charge in [0.25, 0.3) is 5.56 Å². The van der Waals surface area contributed by atoms with Crippen molar-refractivity contribution in [1.29, 1.82) is 0 Å². The monoisotopic (exact) mass is 321 g/mol. The summed E-state index contributed by atoms with van der Waals surface area (Å²) in [7, 11) is 0. The summed E-state index contributed by atoms with van der Waals surface area (Å²) in [4.78, 5) is 20.7. The maximum absolute atomic E-state index is 12.2. The summed E-state index contributed by atoms with van der Waals surface area (Å²) < 4.78 is 12.8. The van der Waals surface area contributed by atoms with Gasteiger partial charge in [-0.15, -0.1) is 0 Å². The number of benzene rings is 1. The fourth-order valence-electron chi connectivity index (χ4n) is 3.03. The number of pyridine rings is 1. The smallest absolute Gasteiger partial charge is 0.299 e. The van der Waals surface area contributed by atoms with Crippen LogP contribution in [-0.4, -0.2) is 21.3 Å². The zero-order valence-corrected chi connectivity index (χ0v) is 12.9. The molecule has 1 aliphatic carbocycles. The Morgan fingerprint density at radius 1 is 1.12 bits per heavy atom. The molecule has 24 heavy (non-hydrogen) atoms. The topological polar surface area (TPSA) is 66.2 Å². The second-order valence-electron chi connectivity index (χ2n) is 6.28. The molecule has 0 bridgehead atoms. The van der Waals surface area contributed by atoms with Crippen LogP contribution in [0.3, 0.4) is 0 Å². The van der Waals surface area contributed by atoms with Gasteiger partial charge in [-0.25, -0.2) is 4.98 Å². The Morgan fingerprint density at radius 2 is 2.00 bits per heavy atom. The molecule has 0 amide bonds. The molecule has 1 aromatic carbocycles. The summed E-state index contributed by atoms with van der Waals surface area (Å²) in [6.07, 6.45) is 4.12. The van der Waals surface area contributed by atoms with Crippen LogP contribution in [0.4, 0.5) is 0 Å². The molecular weight excluding hydrogens is 306 g/mol. The summed E-state index contributed by atoms with van der Waals surface area (Å²) in [5.74, 6) is 2.13. The Kier molecular flexibility index (Phi) is 2.85. The van der Waals surface area contributed by atoms with Gasteiger partial charge in [-0.1, -0.05) is 0 Å². The molecule has 120 valence electrons. The van der Waals surface area contributed by atoms with Gasteiger partial charge in [-0.05, 0) is 49.1 Å². The quantitative estimate of drug-likeness (QED) is 0.742. The number of rotatable bonds is 3. The Balaban J connectivity index is 1.62. The normalized spacial score (nSPS) is 15.8. The lowest BCUT2D eigenvalue weighted by Gasteiger charge is -2.10. The van der Waals surface area contributed by atoms with Crippen LogP contribution in [-0.2, 0) is 6.54 Å². The second kappa shape index (κ2) is 5.06. The van der Waals surface area contributed by atoms with E-state index in [-0.39, 0.29) is 12.4 Å². The van der Waals surface area contributed by atoms with Crippen LogP contribution >= 0.6 is 0 Å². The SMILES string of the molecule is O=c1ncn(CC2CC2)c2ccc(-c3ccc4c(c3)OCO4)nc12. The van der Waals surface area contributed by atoms with E-state index in [1.54, 1.807) is 6.33 Å². The fourth-order valence-corrected chi connectivity index (χ4v) is 3.03. The summed E-state index contributed by atoms with van der Waals surface area (Å²) in [6.45, 7) is 1.13. The van der Waals surface area contributed by atoms with Gasteiger partial charge in [0.1, 0.15) is 0 Å². The van der Waals surface area contributed by atoms with Crippen LogP contribution in [0.25, 0.3) is 22.3 Å². The van der Waals surface area contributed by atoms with Crippen LogP contribution in [0.2, 0.25) is 0 Å². The van der Waals surface area contributed by atoms with Crippen molar-refractivity contribution in [3.8, 4) is 22.8 Å². The second-order valence-corrected chi connectivity index (χ2v) is 6.28. The lowest BCUT2D eigenvalue weighted by Crippen LogP contribution is -2.14. The summed E-state index contributed by atoms with van der Waals surface area (Å²) in [5.41, 5.74) is 2.57. The van der Waals surface area contributed by atoms with E-state index < -0.39 is 0 Å². The van der Waals surface area contributed by atoms with Crippen LogP contribution in [0.5, 0.6) is 11.5 Å². The van der Waals surface area contributed by atoms with Gasteiger partial charge in [-0.2, -0.15) is 4.98 Å². The van der Waals surface area contributed by atoms with Gasteiger partial charge >= 0.3 is 0 Å². The molecule has 1 saturated carbocycles. The Labute approximate surface area is 137 Å². The highest BCUT2D eigenvalue weighted by Gasteiger charge is 2.22. The molecule has 1 fully saturated rings. The van der Waals surface area contributed by atoms with Gasteiger partial charge in [0.15, 0.2) is 17.0 Å². The van der Waals surface area contributed by atoms with E-state index in [9.17, 15) is 4.79 Å². The van der Waals surface area contributed by atoms with E-state index in [2.05, 4.69) is 9.97 Å². The zero-order valence-electron chi connectivity index (χ0n) is 12.9. The van der Waals surface area contributed by atoms with Gasteiger partial charge in [0.05, 0.1) is 17.5 Å². The first-order chi connectivity index (χ1) is 11.8. The molecule has 0 radical (unpaired) electrons. The van der Waals surface area contributed by atoms with Gasteiger partial charge < -0.3 is 14.0 Å². The lowest BCUT2D eigenvalue weighted by atomic mass is 10.1. The Hall–Kier alpha value is -2.89. The third-order valence-electron chi connectivity index (χ3n) is 4.52. The Bertz CT molecular complexity index is 1010. The number of hydrogen-bond acceptors (Lipinski definition) is 5. The molecule has 5 rings (SSSR count). The predicted octanol–water partition coefficient (Wildman–Crippen LogP) is 2.60. The highest BCUT2D eigenvalue weighted by molar-refractivity contribution is 5.78. The van der Waals surface area contributed by atoms with Crippen molar-refractivity contribution in [2.45, 2.75) is 19.4 Å². The van der Waals surface area contributed by atoms with Crippen molar-refractivity contribution < 1.29 is 9.47 Å². The molecule has 2 aliphatic rings. The number of nitrogens with zero attached hydrogens (tertiary/aromatic N) is 3. The van der Waals surface area contributed by atoms with Crippen LogP contribution < -0.4 is 15.0 Å². The van der Waals surface area contributed by atoms with Crippen LogP contribution in [0.15, 0.2) is 41.5 Å². The van der Waals surface area contributed by atoms with Gasteiger partial charge in [0, 0.05) is 12.1 Å². The third kappa shape index (κ3) is 2.22. The molecule has 3 heterocycles. The van der Waals surface area contributed by atoms with E-state index in [1.165, 1.54) is 12.8 Å². The maximum atomic E-state index is 12.2. The van der Waals surface area contributed by atoms with Crippen molar-refractivity contribution >= 4 is 11.0 Å². The first-order valence-corrected chi connectivity index (χ1v) is 8.04. The minimum atomic E-state index is -0.292. The molecule has 0 saturated heterocycles. The van der Waals surface area contributed by atoms with E-state index in [4.69, 9.17) is 9.47 Å². The number of fused-ring (bicyclic) bond motifs is 2. The lowest BCUT2D eigenvalue weighted by molar-refractivity contribution is 0.174. The Morgan fingerprint density at radius 3 is 2.88 bits per heavy atom. The number of ether oxygens (including phenoxy) is 2. The molecule has 0 unspecified atom stereocenters. The minimum absolute atomic E-state index is 0.236. The first kappa shape index (κ1) is 13.5. The molecule has 0 spiro atoms. The molecule has 0 N–H and O–H groups in total. The van der Waals surface area contributed by atoms with E-state index in [0.29, 0.717) is 17.2 Å². The molecule has 2 aromatic heterocycles. The first-order valence-electron chi connectivity index (χ1n) is 8.04. The van der Waals surface area contributed by atoms with Gasteiger partial charge in [0.2, 0.25) is 6.79 Å². The highest BCUT2D eigenvalue weighted by atomic mass is 16.7. The highest BCUT2D eigenvalue weighted by Crippen LogP contribution is 2.36. The van der Waals surface area contributed by atoms with E-state index >= 15 is 0 Å². The molecule has 6 heteroatoms. The average Bonchev–Trinajstić information content (AvgIpc) is 3.30.